The van der Waals surface area contributed by atoms with Crippen molar-refractivity contribution in [2.24, 2.45) is 4.99 Å². The Labute approximate surface area is 977 Å². The van der Waals surface area contributed by atoms with E-state index in [1.165, 1.54) is 123 Å². The van der Waals surface area contributed by atoms with E-state index >= 15 is 0 Å². The number of hydrogen-bond donors (Lipinski definition) is 5. The second-order valence-corrected chi connectivity index (χ2v) is 37.7. The van der Waals surface area contributed by atoms with Gasteiger partial charge in [-0.3, -0.25) is 9.97 Å². The van der Waals surface area contributed by atoms with Crippen LogP contribution in [0.5, 0.6) is 0 Å². The number of benzene rings is 5. The van der Waals surface area contributed by atoms with Crippen molar-refractivity contribution in [2.75, 3.05) is 18.6 Å². The summed E-state index contributed by atoms with van der Waals surface area (Å²) in [5.41, 5.74) is 47.6. The normalized spacial score (nSPS) is 12.1. The number of rotatable bonds is 34. The Hall–Kier alpha value is -8.97. The van der Waals surface area contributed by atoms with Crippen LogP contribution < -0.4 is 39.5 Å². The van der Waals surface area contributed by atoms with Crippen molar-refractivity contribution >= 4 is 150 Å². The third-order valence-electron chi connectivity index (χ3n) is 28.1. The number of carbonyl (C=O) groups excluding carboxylic acids is 2. The van der Waals surface area contributed by atoms with E-state index in [0.717, 1.165) is 250 Å². The van der Waals surface area contributed by atoms with Gasteiger partial charge in [-0.25, -0.2) is 14.6 Å². The van der Waals surface area contributed by atoms with Crippen LogP contribution in [0.25, 0.3) is 72.4 Å². The molecule has 3 aliphatic heterocycles. The Kier molecular flexibility index (Phi) is 56.4. The third kappa shape index (κ3) is 28.1. The second-order valence-electron chi connectivity index (χ2n) is 35.3. The average molecular weight is 2400 g/mol. The fraction of sp³-hybridized carbons (Fsp3) is 0.400. The number of nitrogens with one attached hydrogen (secondary N) is 5. The molecule has 13 aromatic rings. The molecule has 0 amide bonds. The van der Waals surface area contributed by atoms with Crippen LogP contribution >= 0.6 is 83.3 Å². The molecule has 813 valence electrons. The zero-order chi connectivity index (χ0) is 104. The Balaban J connectivity index is 0.00000204. The summed E-state index contributed by atoms with van der Waals surface area (Å²) in [4.78, 5) is 81.3. The number of nitrogens with zero attached hydrogens (tertiary/aromatic N) is 7. The molecule has 17 nitrogen and oxygen atoms in total. The number of H-pyrrole nitrogens is 5. The van der Waals surface area contributed by atoms with E-state index in [-0.39, 0.29) is 111 Å². The van der Waals surface area contributed by atoms with E-state index in [1.807, 2.05) is 32.0 Å². The molecule has 3 aliphatic rings. The van der Waals surface area contributed by atoms with Gasteiger partial charge < -0.3 is 59.8 Å². The third-order valence-corrected chi connectivity index (χ3v) is 29.4. The zero-order valence-corrected chi connectivity index (χ0v) is 101. The predicted octanol–water partition coefficient (Wildman–Crippen LogP) is 34.0. The first kappa shape index (κ1) is 131. The molecule has 16 rings (SSSR count). The van der Waals surface area contributed by atoms with Gasteiger partial charge in [0.25, 0.3) is 0 Å². The number of aromatic amines is 5. The Morgan fingerprint density at radius 2 is 0.673 bits per heavy atom. The molecular weight excluding hydrogens is 2230 g/mol. The first-order valence-corrected chi connectivity index (χ1v) is 58.8. The molecular formula is C125H169Br4Cl2CuN12NaO5. The minimum atomic E-state index is -0.333. The fourth-order valence-corrected chi connectivity index (χ4v) is 23.1. The maximum absolute atomic E-state index is 12.9. The number of allylic oxidation sites excluding steroid dienone is 6. The first-order valence-electron chi connectivity index (χ1n) is 52.4. The van der Waals surface area contributed by atoms with Crippen LogP contribution in [0, 0.1) is 0 Å². The van der Waals surface area contributed by atoms with Gasteiger partial charge in [-0.15, -0.1) is 23.2 Å². The number of esters is 2. The first-order chi connectivity index (χ1) is 70.1. The summed E-state index contributed by atoms with van der Waals surface area (Å²) < 4.78 is 12.8. The van der Waals surface area contributed by atoms with Gasteiger partial charge in [-0.1, -0.05) is 324 Å². The minimum absolute atomic E-state index is 0. The number of aromatic nitrogens is 11. The molecule has 150 heavy (non-hydrogen) atoms. The number of alkyl halides is 2. The second kappa shape index (κ2) is 64.4. The van der Waals surface area contributed by atoms with Crippen molar-refractivity contribution in [2.45, 2.75) is 315 Å². The average Bonchev–Trinajstić information content (AvgIpc) is 1.58. The predicted molar refractivity (Wildman–Crippen MR) is 653 cm³/mol. The number of hydrogen-bond acceptors (Lipinski definition) is 10. The molecule has 0 spiro atoms. The molecule has 6 N–H and O–H groups in total. The summed E-state index contributed by atoms with van der Waals surface area (Å²) in [6.45, 7) is 48.3. The van der Waals surface area contributed by atoms with Crippen LogP contribution in [0.4, 0.5) is 0 Å². The van der Waals surface area contributed by atoms with E-state index in [1.54, 1.807) is 0 Å². The number of aliphatic imine (C=N–C) groups is 1. The molecule has 0 fully saturated rings. The van der Waals surface area contributed by atoms with E-state index in [0.29, 0.717) is 24.6 Å². The molecule has 0 aliphatic carbocycles. The van der Waals surface area contributed by atoms with Gasteiger partial charge in [0, 0.05) is 87.3 Å². The van der Waals surface area contributed by atoms with E-state index < -0.39 is 0 Å². The van der Waals surface area contributed by atoms with Crippen LogP contribution in [0.15, 0.2) is 190 Å². The largest absolute Gasteiger partial charge is 2.00 e. The quantitative estimate of drug-likeness (QED) is 0.0144. The number of carbonyl (C=O) groups is 2. The summed E-state index contributed by atoms with van der Waals surface area (Å²) in [5.74, 6) is 0.898. The maximum atomic E-state index is 12.9. The molecule has 0 unspecified atom stereocenters. The molecule has 11 heterocycles. The van der Waals surface area contributed by atoms with Crippen molar-refractivity contribution in [3.63, 3.8) is 0 Å². The van der Waals surface area contributed by atoms with E-state index in [4.69, 9.17) is 67.6 Å². The van der Waals surface area contributed by atoms with Gasteiger partial charge >= 0.3 is 58.6 Å². The van der Waals surface area contributed by atoms with Gasteiger partial charge in [0.05, 0.1) is 69.4 Å². The van der Waals surface area contributed by atoms with Gasteiger partial charge in [0.15, 0.2) is 0 Å². The monoisotopic (exact) mass is 2390 g/mol. The van der Waals surface area contributed by atoms with Gasteiger partial charge in [0.2, 0.25) is 0 Å². The summed E-state index contributed by atoms with van der Waals surface area (Å²) in [6.07, 6.45) is 22.2. The Bertz CT molecular complexity index is 6650. The zero-order valence-electron chi connectivity index (χ0n) is 90.3. The summed E-state index contributed by atoms with van der Waals surface area (Å²) in [5, 5.41) is 0.194. The van der Waals surface area contributed by atoms with Crippen molar-refractivity contribution in [1.82, 2.24) is 54.8 Å². The molecule has 0 atom stereocenters. The van der Waals surface area contributed by atoms with E-state index in [2.05, 4.69) is 369 Å². The van der Waals surface area contributed by atoms with Crippen LogP contribution in [0.3, 0.4) is 0 Å². The number of fused-ring (bicyclic) bond motifs is 8. The van der Waals surface area contributed by atoms with Gasteiger partial charge in [-0.2, -0.15) is 0 Å². The SMILES string of the molecule is BrBr.C.C.C.CCC1=C(CC)/C(=C(\c2ccccc2)c2[nH]c(Br)c(CC)c2CC)N=C1Br.CCC1=C(CC)c2nc1nc1[n-]c(c(CC)c1CC)c(-c1ccccc1)c1nc(nc3[n-]c(c(CC)c3CC)c2-c2ccccc2)C(CC)=C1CC.CCOC(=O)c1[nH]c(C(c2ccccc2)c2[nH]c(C(=O)OCC)c(CC)c2CC)c(CC)c1CC.CCc1c[nH]c(C(c2ccccc2)c2[nH]cc(CC)c2CC)c1CC.ClCCl.[Cu+2].[HH].[HH].[HH].[HH].[HH].[Na+].[OH-]. The van der Waals surface area contributed by atoms with Crippen LogP contribution in [-0.2, 0) is 116 Å². The number of halogens is 6. The number of aryl methyl sites for hydroxylation is 6. The Morgan fingerprint density at radius 1 is 0.360 bits per heavy atom. The van der Waals surface area contributed by atoms with Crippen molar-refractivity contribution in [3.8, 4) is 22.3 Å². The molecule has 0 saturated carbocycles. The molecule has 0 saturated heterocycles. The molecule has 5 aromatic carbocycles. The van der Waals surface area contributed by atoms with Gasteiger partial charge in [-0.05, 0) is 324 Å². The van der Waals surface area contributed by atoms with E-state index in [9.17, 15) is 9.59 Å². The minimum Gasteiger partial charge on any atom is -0.870 e. The van der Waals surface area contributed by atoms with Crippen molar-refractivity contribution in [3.05, 3.63) is 343 Å². The molecule has 8 aromatic heterocycles. The molecule has 1 radical (unpaired) electrons. The topological polar surface area (TPSA) is 254 Å². The summed E-state index contributed by atoms with van der Waals surface area (Å²) in [7, 11) is 0. The van der Waals surface area contributed by atoms with Crippen molar-refractivity contribution < 1.29 is 78.3 Å². The smallest absolute Gasteiger partial charge is 0.870 e. The standard InChI is InChI=1S/C46H50N6.C29H38N2O4.C23H26Br2N2.C23H30N2.CH2Cl2.3CH4.Br2.Cu.Na.H2O.5H2/c1-9-29-33(13-5)43-47-39(29)37(27-23-19-17-20-24-27)40-30(10-2)34(14-6)45(48-40)52-46-36(16-8)32(12-4)42(50-46)38(28-25-21-18-22-26-28)41-31(11-3)35(15-7)44(49-41)51-43;1-7-19-21(9-3)26(28(32)34-11-5)30-24(19)23(18-16-14-13-15-17-18)25-20(8-2)22(10-4)27(31-25)29(33)35-12-6;1-5-15-17(7-3)22(24)26-20(15)19(14-12-10-9-11-13-14)21-16(6-2)18(8-4)23(25)27-21;1-5-16-14-24-22(19(16)7-3)21(18-12-10-9-11-13-18)23-20(8-4)17(6-2)15-25-23;2-1-3;;;;1-2;;;;;;;;/h17-26H,9-16H2,1-8H3;13-17,23,30-31H,7-12H2,1-6H3;9-13,26H,5-8H2,1-4H3;9-15,21,24-25H,5-8H2,1-4H3;1H2;3*1H4;;;;1H2;5*1H/q-2;;;;;;;;;+2;+1;;;;;;/p-1/b;;21-19-;;;;;;;;;;;;;;. The molecule has 25 heteroatoms. The summed E-state index contributed by atoms with van der Waals surface area (Å²) >= 11 is 22.5. The summed E-state index contributed by atoms with van der Waals surface area (Å²) in [6, 6.07) is 53.0. The van der Waals surface area contributed by atoms with Gasteiger partial charge in [0.1, 0.15) is 16.0 Å². The number of ether oxygens (including phenoxy) is 2. The Morgan fingerprint density at radius 3 is 0.987 bits per heavy atom. The van der Waals surface area contributed by atoms with Crippen LogP contribution in [0.1, 0.15) is 399 Å². The maximum Gasteiger partial charge on any atom is 2.00 e. The molecule has 8 bridgehead atoms. The fourth-order valence-electron chi connectivity index (χ4n) is 21.7. The van der Waals surface area contributed by atoms with Crippen LogP contribution in [-0.4, -0.2) is 85.4 Å². The van der Waals surface area contributed by atoms with Crippen molar-refractivity contribution in [1.29, 1.82) is 0 Å². The van der Waals surface area contributed by atoms with Crippen LogP contribution in [0.2, 0.25) is 0 Å².